The first-order valence-corrected chi connectivity index (χ1v) is 11.6. The van der Waals surface area contributed by atoms with Crippen LogP contribution in [0.3, 0.4) is 0 Å². The normalized spacial score (nSPS) is 22.9. The lowest BCUT2D eigenvalue weighted by Gasteiger charge is -2.44. The molecule has 3 fully saturated rings. The third-order valence-corrected chi connectivity index (χ3v) is 6.78. The molecule has 5 nitrogen and oxygen atoms in total. The van der Waals surface area contributed by atoms with E-state index in [9.17, 15) is 4.79 Å². The van der Waals surface area contributed by atoms with Gasteiger partial charge in [0.2, 0.25) is 5.91 Å². The summed E-state index contributed by atoms with van der Waals surface area (Å²) >= 11 is 0. The molecule has 3 saturated heterocycles. The molecule has 3 aliphatic rings. The number of rotatable bonds is 10. The van der Waals surface area contributed by atoms with Crippen LogP contribution in [0.1, 0.15) is 56.1 Å². The average Bonchev–Trinajstić information content (AvgIpc) is 2.81. The van der Waals surface area contributed by atoms with Gasteiger partial charge < -0.3 is 5.32 Å². The molecular formula is C25H34N4O. The minimum absolute atomic E-state index is 0.0941. The third kappa shape index (κ3) is 5.88. The highest BCUT2D eigenvalue weighted by Crippen LogP contribution is 2.32. The van der Waals surface area contributed by atoms with Crippen molar-refractivity contribution in [3.63, 3.8) is 0 Å². The summed E-state index contributed by atoms with van der Waals surface area (Å²) in [5, 5.41) is 3.43. The van der Waals surface area contributed by atoms with E-state index in [0.29, 0.717) is 0 Å². The Morgan fingerprint density at radius 1 is 1.00 bits per heavy atom. The summed E-state index contributed by atoms with van der Waals surface area (Å²) in [4.78, 5) is 23.9. The molecule has 1 amide bonds. The molecule has 1 N–H and O–H groups in total. The minimum atomic E-state index is 0.0941. The number of amides is 1. The van der Waals surface area contributed by atoms with E-state index in [1.165, 1.54) is 24.0 Å². The van der Waals surface area contributed by atoms with Crippen LogP contribution in [0.15, 0.2) is 49.1 Å². The summed E-state index contributed by atoms with van der Waals surface area (Å²) in [7, 11) is 0. The predicted octanol–water partition coefficient (Wildman–Crippen LogP) is 3.79. The van der Waals surface area contributed by atoms with Crippen LogP contribution in [0.2, 0.25) is 0 Å². The summed E-state index contributed by atoms with van der Waals surface area (Å²) in [5.74, 6) is 1.01. The van der Waals surface area contributed by atoms with Crippen molar-refractivity contribution in [2.24, 2.45) is 5.92 Å². The van der Waals surface area contributed by atoms with E-state index in [2.05, 4.69) is 32.3 Å². The van der Waals surface area contributed by atoms with Crippen molar-refractivity contribution in [3.05, 3.63) is 60.2 Å². The second kappa shape index (κ2) is 10.7. The van der Waals surface area contributed by atoms with Crippen LogP contribution < -0.4 is 5.32 Å². The van der Waals surface area contributed by atoms with E-state index in [4.69, 9.17) is 0 Å². The Morgan fingerprint density at radius 2 is 1.60 bits per heavy atom. The molecule has 0 spiro atoms. The lowest BCUT2D eigenvalue weighted by molar-refractivity contribution is -0.131. The highest BCUT2D eigenvalue weighted by molar-refractivity contribution is 5.82. The van der Waals surface area contributed by atoms with Crippen molar-refractivity contribution < 1.29 is 4.79 Å². The van der Waals surface area contributed by atoms with Gasteiger partial charge in [0.1, 0.15) is 0 Å². The Hall–Kier alpha value is -2.27. The molecule has 5 rings (SSSR count). The van der Waals surface area contributed by atoms with E-state index in [-0.39, 0.29) is 18.0 Å². The number of aryl methyl sites for hydroxylation is 2. The van der Waals surface area contributed by atoms with Crippen LogP contribution >= 0.6 is 0 Å². The number of nitrogens with one attached hydrogen (secondary N) is 1. The number of pyridine rings is 2. The molecule has 0 aliphatic carbocycles. The molecule has 2 bridgehead atoms. The summed E-state index contributed by atoms with van der Waals surface area (Å²) in [6.07, 6.45) is 17.3. The molecule has 2 aromatic heterocycles. The lowest BCUT2D eigenvalue weighted by Crippen LogP contribution is -2.56. The first-order chi connectivity index (χ1) is 14.8. The SMILES string of the molecule is O=C(NC(CCCc1cccnc1)CCCc1cccnc1)C1CC2CCN1CC2. The Labute approximate surface area is 180 Å². The molecule has 0 saturated carbocycles. The van der Waals surface area contributed by atoms with Crippen LogP contribution in [0.4, 0.5) is 0 Å². The van der Waals surface area contributed by atoms with Gasteiger partial charge in [0, 0.05) is 30.8 Å². The maximum Gasteiger partial charge on any atom is 0.237 e. The summed E-state index contributed by atoms with van der Waals surface area (Å²) in [5.41, 5.74) is 2.54. The van der Waals surface area contributed by atoms with Crippen molar-refractivity contribution in [1.29, 1.82) is 0 Å². The van der Waals surface area contributed by atoms with Gasteiger partial charge in [-0.15, -0.1) is 0 Å². The van der Waals surface area contributed by atoms with Crippen molar-refractivity contribution in [1.82, 2.24) is 20.2 Å². The van der Waals surface area contributed by atoms with Gasteiger partial charge in [-0.05, 0) is 100 Å². The standard InChI is InChI=1S/C25H34N4O/c30-25(24-17-20-11-15-29(24)16-12-20)28-23(9-1-5-21-7-3-13-26-18-21)10-2-6-22-8-4-14-27-19-22/h3-4,7-8,13-14,18-20,23-24H,1-2,5-6,9-12,15-17H2,(H,28,30). The Balaban J connectivity index is 1.30. The van der Waals surface area contributed by atoms with Gasteiger partial charge in [0.25, 0.3) is 0 Å². The van der Waals surface area contributed by atoms with Crippen molar-refractivity contribution in [3.8, 4) is 0 Å². The maximum absolute atomic E-state index is 13.1. The number of carbonyl (C=O) groups excluding carboxylic acids is 1. The topological polar surface area (TPSA) is 58.1 Å². The van der Waals surface area contributed by atoms with Crippen molar-refractivity contribution in [2.75, 3.05) is 13.1 Å². The Bertz CT molecular complexity index is 729. The fraction of sp³-hybridized carbons (Fsp3) is 0.560. The van der Waals surface area contributed by atoms with E-state index in [1.807, 2.05) is 36.9 Å². The molecule has 0 aromatic carbocycles. The Kier molecular flexibility index (Phi) is 7.46. The van der Waals surface area contributed by atoms with Gasteiger partial charge >= 0.3 is 0 Å². The van der Waals surface area contributed by atoms with E-state index in [1.54, 1.807) is 0 Å². The molecule has 30 heavy (non-hydrogen) atoms. The quantitative estimate of drug-likeness (QED) is 0.652. The first-order valence-electron chi connectivity index (χ1n) is 11.6. The van der Waals surface area contributed by atoms with Gasteiger partial charge in [-0.1, -0.05) is 12.1 Å². The van der Waals surface area contributed by atoms with Crippen LogP contribution in [0, 0.1) is 5.92 Å². The van der Waals surface area contributed by atoms with Crippen molar-refractivity contribution in [2.45, 2.75) is 69.9 Å². The summed E-state index contributed by atoms with van der Waals surface area (Å²) in [6, 6.07) is 8.60. The molecule has 0 radical (unpaired) electrons. The zero-order chi connectivity index (χ0) is 20.6. The van der Waals surface area contributed by atoms with Crippen LogP contribution in [-0.4, -0.2) is 45.9 Å². The highest BCUT2D eigenvalue weighted by Gasteiger charge is 2.37. The molecule has 1 atom stereocenters. The number of fused-ring (bicyclic) bond motifs is 3. The molecule has 3 aliphatic heterocycles. The van der Waals surface area contributed by atoms with E-state index in [0.717, 1.165) is 64.0 Å². The monoisotopic (exact) mass is 406 g/mol. The molecular weight excluding hydrogens is 372 g/mol. The number of nitrogens with zero attached hydrogens (tertiary/aromatic N) is 3. The lowest BCUT2D eigenvalue weighted by atomic mass is 9.83. The minimum Gasteiger partial charge on any atom is -0.352 e. The fourth-order valence-electron chi connectivity index (χ4n) is 5.02. The third-order valence-electron chi connectivity index (χ3n) is 6.78. The van der Waals surface area contributed by atoms with Gasteiger partial charge in [0.05, 0.1) is 6.04 Å². The zero-order valence-corrected chi connectivity index (χ0v) is 17.9. The van der Waals surface area contributed by atoms with Crippen molar-refractivity contribution >= 4 is 5.91 Å². The first kappa shape index (κ1) is 21.0. The smallest absolute Gasteiger partial charge is 0.237 e. The number of piperidine rings is 3. The zero-order valence-electron chi connectivity index (χ0n) is 17.9. The number of hydrogen-bond donors (Lipinski definition) is 1. The van der Waals surface area contributed by atoms with Gasteiger partial charge in [0.15, 0.2) is 0 Å². The summed E-state index contributed by atoms with van der Waals surface area (Å²) in [6.45, 7) is 2.19. The highest BCUT2D eigenvalue weighted by atomic mass is 16.2. The molecule has 5 heterocycles. The number of carbonyl (C=O) groups is 1. The second-order valence-corrected chi connectivity index (χ2v) is 8.94. The van der Waals surface area contributed by atoms with Crippen LogP contribution in [0.5, 0.6) is 0 Å². The largest absolute Gasteiger partial charge is 0.352 e. The molecule has 1 unspecified atom stereocenters. The number of aromatic nitrogens is 2. The van der Waals surface area contributed by atoms with Crippen LogP contribution in [-0.2, 0) is 17.6 Å². The average molecular weight is 407 g/mol. The fourth-order valence-corrected chi connectivity index (χ4v) is 5.02. The molecule has 5 heteroatoms. The van der Waals surface area contributed by atoms with Gasteiger partial charge in [-0.2, -0.15) is 0 Å². The molecule has 160 valence electrons. The van der Waals surface area contributed by atoms with Gasteiger partial charge in [-0.3, -0.25) is 19.7 Å². The maximum atomic E-state index is 13.1. The predicted molar refractivity (Wildman–Crippen MR) is 119 cm³/mol. The second-order valence-electron chi connectivity index (χ2n) is 8.94. The van der Waals surface area contributed by atoms with Crippen LogP contribution in [0.25, 0.3) is 0 Å². The van der Waals surface area contributed by atoms with E-state index < -0.39 is 0 Å². The van der Waals surface area contributed by atoms with Gasteiger partial charge in [-0.25, -0.2) is 0 Å². The Morgan fingerprint density at radius 3 is 2.07 bits per heavy atom. The number of hydrogen-bond acceptors (Lipinski definition) is 4. The summed E-state index contributed by atoms with van der Waals surface area (Å²) < 4.78 is 0. The van der Waals surface area contributed by atoms with E-state index >= 15 is 0 Å². The molecule has 2 aromatic rings.